The molecule has 9 heteroatoms. The minimum Gasteiger partial charge on any atom is -0.481 e. The van der Waals surface area contributed by atoms with Crippen molar-refractivity contribution >= 4 is 23.8 Å². The molecular formula is C16H25N3O6. The highest BCUT2D eigenvalue weighted by molar-refractivity contribution is 5.92. The molecule has 2 heterocycles. The maximum Gasteiger partial charge on any atom is 0.326 e. The molecule has 2 amide bonds. The third-order valence-corrected chi connectivity index (χ3v) is 4.94. The molecule has 0 bridgehead atoms. The van der Waals surface area contributed by atoms with E-state index < -0.39 is 36.0 Å². The lowest BCUT2D eigenvalue weighted by Gasteiger charge is -2.34. The van der Waals surface area contributed by atoms with Gasteiger partial charge in [0.1, 0.15) is 12.1 Å². The summed E-state index contributed by atoms with van der Waals surface area (Å²) < 4.78 is 0. The maximum atomic E-state index is 12.6. The molecule has 9 nitrogen and oxygen atoms in total. The Morgan fingerprint density at radius 3 is 2.48 bits per heavy atom. The van der Waals surface area contributed by atoms with E-state index >= 15 is 0 Å². The number of fused-ring (bicyclic) bond motifs is 1. The predicted molar refractivity (Wildman–Crippen MR) is 86.5 cm³/mol. The number of hydrogen-bond acceptors (Lipinski definition) is 5. The summed E-state index contributed by atoms with van der Waals surface area (Å²) in [6.07, 6.45) is 3.77. The van der Waals surface area contributed by atoms with E-state index in [-0.39, 0.29) is 24.8 Å². The normalized spacial score (nSPS) is 27.8. The van der Waals surface area contributed by atoms with Crippen molar-refractivity contribution in [3.63, 3.8) is 0 Å². The Bertz CT molecular complexity index is 552. The smallest absolute Gasteiger partial charge is 0.326 e. The molecule has 0 aromatic heterocycles. The summed E-state index contributed by atoms with van der Waals surface area (Å²) in [5.41, 5.74) is 5.91. The molecule has 0 unspecified atom stereocenters. The van der Waals surface area contributed by atoms with Crippen LogP contribution in [0.25, 0.3) is 0 Å². The van der Waals surface area contributed by atoms with Crippen molar-refractivity contribution in [1.29, 1.82) is 0 Å². The van der Waals surface area contributed by atoms with Gasteiger partial charge in [0.15, 0.2) is 0 Å². The summed E-state index contributed by atoms with van der Waals surface area (Å²) in [4.78, 5) is 48.5. The summed E-state index contributed by atoms with van der Waals surface area (Å²) in [6.45, 7) is 0. The monoisotopic (exact) mass is 355 g/mol. The van der Waals surface area contributed by atoms with Gasteiger partial charge in [0.2, 0.25) is 11.8 Å². The molecule has 0 radical (unpaired) electrons. The number of carbonyl (C=O) groups excluding carboxylic acids is 2. The number of carbonyl (C=O) groups is 4. The van der Waals surface area contributed by atoms with Crippen LogP contribution in [0.1, 0.15) is 51.4 Å². The highest BCUT2D eigenvalue weighted by Gasteiger charge is 2.43. The Hall–Kier alpha value is -2.16. The number of amides is 2. The molecule has 0 aliphatic carbocycles. The van der Waals surface area contributed by atoms with Gasteiger partial charge in [0, 0.05) is 12.5 Å². The lowest BCUT2D eigenvalue weighted by molar-refractivity contribution is -0.145. The number of carboxylic acids is 2. The van der Waals surface area contributed by atoms with Crippen LogP contribution in [0.4, 0.5) is 0 Å². The van der Waals surface area contributed by atoms with Crippen molar-refractivity contribution in [2.45, 2.75) is 75.5 Å². The number of nitrogens with one attached hydrogen (secondary N) is 1. The van der Waals surface area contributed by atoms with Gasteiger partial charge >= 0.3 is 11.9 Å². The van der Waals surface area contributed by atoms with E-state index in [1.807, 2.05) is 0 Å². The summed E-state index contributed by atoms with van der Waals surface area (Å²) in [5.74, 6) is -3.24. The van der Waals surface area contributed by atoms with Crippen LogP contribution in [0.3, 0.4) is 0 Å². The van der Waals surface area contributed by atoms with Gasteiger partial charge in [-0.05, 0) is 32.1 Å². The van der Waals surface area contributed by atoms with Crippen molar-refractivity contribution < 1.29 is 29.4 Å². The first-order valence-electron chi connectivity index (χ1n) is 8.64. The summed E-state index contributed by atoms with van der Waals surface area (Å²) >= 11 is 0. The van der Waals surface area contributed by atoms with E-state index in [0.717, 1.165) is 19.3 Å². The van der Waals surface area contributed by atoms with E-state index in [1.165, 1.54) is 4.90 Å². The van der Waals surface area contributed by atoms with Gasteiger partial charge in [-0.15, -0.1) is 0 Å². The minimum atomic E-state index is -1.29. The van der Waals surface area contributed by atoms with Crippen molar-refractivity contribution in [3.05, 3.63) is 0 Å². The molecule has 2 saturated heterocycles. The van der Waals surface area contributed by atoms with E-state index in [0.29, 0.717) is 19.3 Å². The molecule has 25 heavy (non-hydrogen) atoms. The molecule has 0 aromatic carbocycles. The van der Waals surface area contributed by atoms with Gasteiger partial charge in [-0.25, -0.2) is 4.79 Å². The molecule has 0 spiro atoms. The summed E-state index contributed by atoms with van der Waals surface area (Å²) in [7, 11) is 0. The lowest BCUT2D eigenvalue weighted by atomic mass is 9.99. The predicted octanol–water partition coefficient (Wildman–Crippen LogP) is -0.318. The van der Waals surface area contributed by atoms with E-state index in [2.05, 4.69) is 5.32 Å². The molecule has 4 atom stereocenters. The highest BCUT2D eigenvalue weighted by Crippen LogP contribution is 2.31. The number of carboxylic acid groups (broad SMARTS) is 2. The quantitative estimate of drug-likeness (QED) is 0.510. The zero-order chi connectivity index (χ0) is 18.6. The van der Waals surface area contributed by atoms with Crippen LogP contribution in [0, 0.1) is 0 Å². The molecule has 0 aromatic rings. The molecule has 0 saturated carbocycles. The van der Waals surface area contributed by atoms with Gasteiger partial charge < -0.3 is 26.2 Å². The van der Waals surface area contributed by atoms with Gasteiger partial charge in [-0.3, -0.25) is 14.4 Å². The Labute approximate surface area is 145 Å². The highest BCUT2D eigenvalue weighted by atomic mass is 16.4. The standard InChI is InChI=1S/C16H25N3O6/c17-10-4-2-1-3-9-5-7-12(19(9)15(10)23)14(22)18-11(16(24)25)6-8-13(20)21/h9-12H,1-8,17H2,(H,18,22)(H,20,21)(H,24,25)/t9-,10-,11-,12-/m0/s1. The Balaban J connectivity index is 2.07. The fourth-order valence-corrected chi connectivity index (χ4v) is 3.61. The van der Waals surface area contributed by atoms with Crippen molar-refractivity contribution in [1.82, 2.24) is 10.2 Å². The summed E-state index contributed by atoms with van der Waals surface area (Å²) in [6, 6.07) is -2.72. The van der Waals surface area contributed by atoms with Crippen LogP contribution in [0.5, 0.6) is 0 Å². The number of hydrogen-bond donors (Lipinski definition) is 4. The number of aliphatic carboxylic acids is 2. The topological polar surface area (TPSA) is 150 Å². The first-order valence-corrected chi connectivity index (χ1v) is 8.64. The van der Waals surface area contributed by atoms with Gasteiger partial charge in [0.05, 0.1) is 6.04 Å². The molecule has 2 fully saturated rings. The van der Waals surface area contributed by atoms with Crippen molar-refractivity contribution in [3.8, 4) is 0 Å². The second-order valence-electron chi connectivity index (χ2n) is 6.72. The van der Waals surface area contributed by atoms with Crippen molar-refractivity contribution in [2.24, 2.45) is 5.73 Å². The zero-order valence-electron chi connectivity index (χ0n) is 14.0. The van der Waals surface area contributed by atoms with E-state index in [9.17, 15) is 24.3 Å². The van der Waals surface area contributed by atoms with Crippen LogP contribution in [-0.2, 0) is 19.2 Å². The Kier molecular flexibility index (Phi) is 6.35. The van der Waals surface area contributed by atoms with Crippen molar-refractivity contribution in [2.75, 3.05) is 0 Å². The average molecular weight is 355 g/mol. The summed E-state index contributed by atoms with van der Waals surface area (Å²) in [5, 5.41) is 20.3. The van der Waals surface area contributed by atoms with Gasteiger partial charge in [-0.1, -0.05) is 12.8 Å². The molecular weight excluding hydrogens is 330 g/mol. The van der Waals surface area contributed by atoms with Crippen LogP contribution < -0.4 is 11.1 Å². The van der Waals surface area contributed by atoms with Crippen LogP contribution >= 0.6 is 0 Å². The second kappa shape index (κ2) is 8.28. The van der Waals surface area contributed by atoms with Gasteiger partial charge in [-0.2, -0.15) is 0 Å². The van der Waals surface area contributed by atoms with Crippen LogP contribution in [0.2, 0.25) is 0 Å². The molecule has 2 rings (SSSR count). The van der Waals surface area contributed by atoms with E-state index in [1.54, 1.807) is 0 Å². The fraction of sp³-hybridized carbons (Fsp3) is 0.750. The van der Waals surface area contributed by atoms with Gasteiger partial charge in [0.25, 0.3) is 0 Å². The van der Waals surface area contributed by atoms with Crippen LogP contribution in [-0.4, -0.2) is 63.0 Å². The average Bonchev–Trinajstić information content (AvgIpc) is 2.96. The van der Waals surface area contributed by atoms with E-state index in [4.69, 9.17) is 10.8 Å². The zero-order valence-corrected chi connectivity index (χ0v) is 14.0. The van der Waals surface area contributed by atoms with Crippen LogP contribution in [0.15, 0.2) is 0 Å². The SMILES string of the molecule is N[C@H]1CCCC[C@H]2CC[C@@H](C(=O)N[C@@H](CCC(=O)O)C(=O)O)N2C1=O. The number of rotatable bonds is 6. The largest absolute Gasteiger partial charge is 0.481 e. The Morgan fingerprint density at radius 2 is 1.84 bits per heavy atom. The first kappa shape index (κ1) is 19.2. The molecule has 2 aliphatic rings. The molecule has 140 valence electrons. The third kappa shape index (κ3) is 4.68. The number of nitrogens with zero attached hydrogens (tertiary/aromatic N) is 1. The minimum absolute atomic E-state index is 0.0445. The molecule has 2 aliphatic heterocycles. The maximum absolute atomic E-state index is 12.6. The molecule has 5 N–H and O–H groups in total. The lowest BCUT2D eigenvalue weighted by Crippen LogP contribution is -2.56. The number of nitrogens with two attached hydrogens (primary N) is 1. The first-order chi connectivity index (χ1) is 11.8. The Morgan fingerprint density at radius 1 is 1.16 bits per heavy atom. The fourth-order valence-electron chi connectivity index (χ4n) is 3.61. The second-order valence-corrected chi connectivity index (χ2v) is 6.72. The third-order valence-electron chi connectivity index (χ3n) is 4.94.